The van der Waals surface area contributed by atoms with Gasteiger partial charge in [-0.15, -0.1) is 0 Å². The van der Waals surface area contributed by atoms with E-state index in [4.69, 9.17) is 4.74 Å². The molecule has 4 nitrogen and oxygen atoms in total. The summed E-state index contributed by atoms with van der Waals surface area (Å²) in [7, 11) is 0. The van der Waals surface area contributed by atoms with Gasteiger partial charge in [0.05, 0.1) is 5.92 Å². The molecule has 2 rings (SSSR count). The lowest BCUT2D eigenvalue weighted by Crippen LogP contribution is -2.41. The second kappa shape index (κ2) is 6.36. The molecule has 19 heavy (non-hydrogen) atoms. The van der Waals surface area contributed by atoms with Gasteiger partial charge < -0.3 is 14.6 Å². The molecule has 1 aliphatic rings. The van der Waals surface area contributed by atoms with Gasteiger partial charge in [0.1, 0.15) is 6.61 Å². The van der Waals surface area contributed by atoms with Crippen LogP contribution in [0.1, 0.15) is 31.2 Å². The van der Waals surface area contributed by atoms with Crippen molar-refractivity contribution in [1.29, 1.82) is 0 Å². The lowest BCUT2D eigenvalue weighted by atomic mass is 9.79. The van der Waals surface area contributed by atoms with Crippen LogP contribution in [-0.4, -0.2) is 11.9 Å². The van der Waals surface area contributed by atoms with Crippen molar-refractivity contribution in [3.05, 3.63) is 35.9 Å². The van der Waals surface area contributed by atoms with E-state index >= 15 is 0 Å². The monoisotopic (exact) mass is 261 g/mol. The molecule has 0 aliphatic heterocycles. The number of aliphatic carboxylic acids is 1. The number of esters is 1. The Kier molecular flexibility index (Phi) is 4.55. The largest absolute Gasteiger partial charge is 0.550 e. The number of carboxylic acids is 1. The van der Waals surface area contributed by atoms with Crippen molar-refractivity contribution < 1.29 is 19.4 Å². The van der Waals surface area contributed by atoms with Gasteiger partial charge in [-0.1, -0.05) is 43.2 Å². The molecule has 0 N–H and O–H groups in total. The Labute approximate surface area is 112 Å². The minimum atomic E-state index is -1.14. The number of carboxylic acid groups (broad SMARTS) is 1. The van der Waals surface area contributed by atoms with Crippen LogP contribution in [0.2, 0.25) is 0 Å². The van der Waals surface area contributed by atoms with E-state index < -0.39 is 23.8 Å². The fourth-order valence-electron chi connectivity index (χ4n) is 2.53. The lowest BCUT2D eigenvalue weighted by Gasteiger charge is -2.30. The Balaban J connectivity index is 1.93. The molecule has 1 aliphatic carbocycles. The maximum atomic E-state index is 12.0. The topological polar surface area (TPSA) is 66.4 Å². The van der Waals surface area contributed by atoms with Crippen molar-refractivity contribution in [2.45, 2.75) is 32.3 Å². The summed E-state index contributed by atoms with van der Waals surface area (Å²) in [5.41, 5.74) is 0.900. The van der Waals surface area contributed by atoms with E-state index in [0.717, 1.165) is 18.4 Å². The smallest absolute Gasteiger partial charge is 0.309 e. The molecule has 4 heteroatoms. The van der Waals surface area contributed by atoms with Gasteiger partial charge in [-0.3, -0.25) is 4.79 Å². The number of carbonyl (C=O) groups excluding carboxylic acids is 2. The van der Waals surface area contributed by atoms with E-state index in [1.54, 1.807) is 0 Å². The highest BCUT2D eigenvalue weighted by molar-refractivity contribution is 5.80. The molecule has 0 aromatic heterocycles. The first-order valence-corrected chi connectivity index (χ1v) is 6.60. The van der Waals surface area contributed by atoms with E-state index in [1.807, 2.05) is 30.3 Å². The zero-order valence-corrected chi connectivity index (χ0v) is 10.7. The molecule has 2 unspecified atom stereocenters. The lowest BCUT2D eigenvalue weighted by molar-refractivity contribution is -0.314. The highest BCUT2D eigenvalue weighted by Gasteiger charge is 2.32. The molecule has 0 amide bonds. The fourth-order valence-corrected chi connectivity index (χ4v) is 2.53. The molecule has 0 spiro atoms. The zero-order valence-electron chi connectivity index (χ0n) is 10.7. The van der Waals surface area contributed by atoms with Crippen molar-refractivity contribution in [2.24, 2.45) is 11.8 Å². The fraction of sp³-hybridized carbons (Fsp3) is 0.467. The van der Waals surface area contributed by atoms with Gasteiger partial charge in [0, 0.05) is 11.9 Å². The Hall–Kier alpha value is -1.84. The van der Waals surface area contributed by atoms with E-state index in [9.17, 15) is 14.7 Å². The van der Waals surface area contributed by atoms with Crippen LogP contribution in [0.3, 0.4) is 0 Å². The van der Waals surface area contributed by atoms with Crippen molar-refractivity contribution in [2.75, 3.05) is 0 Å². The van der Waals surface area contributed by atoms with E-state index in [-0.39, 0.29) is 6.61 Å². The summed E-state index contributed by atoms with van der Waals surface area (Å²) < 4.78 is 5.22. The van der Waals surface area contributed by atoms with Crippen LogP contribution in [-0.2, 0) is 20.9 Å². The summed E-state index contributed by atoms with van der Waals surface area (Å²) in [6, 6.07) is 9.36. The van der Waals surface area contributed by atoms with E-state index in [2.05, 4.69) is 0 Å². The zero-order chi connectivity index (χ0) is 13.7. The van der Waals surface area contributed by atoms with E-state index in [0.29, 0.717) is 12.8 Å². The number of hydrogen-bond acceptors (Lipinski definition) is 4. The van der Waals surface area contributed by atoms with Gasteiger partial charge in [0.2, 0.25) is 0 Å². The number of benzene rings is 1. The van der Waals surface area contributed by atoms with Gasteiger partial charge in [-0.25, -0.2) is 0 Å². The van der Waals surface area contributed by atoms with Crippen LogP contribution < -0.4 is 5.11 Å². The van der Waals surface area contributed by atoms with Crippen molar-refractivity contribution in [3.8, 4) is 0 Å². The second-order valence-corrected chi connectivity index (χ2v) is 4.91. The van der Waals surface area contributed by atoms with E-state index in [1.165, 1.54) is 0 Å². The average Bonchev–Trinajstić information content (AvgIpc) is 2.46. The molecular formula is C15H17O4-. The molecule has 2 atom stereocenters. The second-order valence-electron chi connectivity index (χ2n) is 4.91. The third-order valence-electron chi connectivity index (χ3n) is 3.60. The normalized spacial score (nSPS) is 22.7. The first-order valence-electron chi connectivity index (χ1n) is 6.60. The third-order valence-corrected chi connectivity index (χ3v) is 3.60. The van der Waals surface area contributed by atoms with Gasteiger partial charge >= 0.3 is 5.97 Å². The Morgan fingerprint density at radius 2 is 1.74 bits per heavy atom. The van der Waals surface area contributed by atoms with Crippen molar-refractivity contribution in [1.82, 2.24) is 0 Å². The minimum absolute atomic E-state index is 0.190. The van der Waals surface area contributed by atoms with Gasteiger partial charge in [-0.05, 0) is 18.4 Å². The first kappa shape index (κ1) is 13.6. The number of carbonyl (C=O) groups is 2. The Morgan fingerprint density at radius 3 is 2.37 bits per heavy atom. The summed E-state index contributed by atoms with van der Waals surface area (Å²) >= 11 is 0. The quantitative estimate of drug-likeness (QED) is 0.766. The van der Waals surface area contributed by atoms with Gasteiger partial charge in [0.25, 0.3) is 0 Å². The van der Waals surface area contributed by atoms with Crippen LogP contribution in [0.4, 0.5) is 0 Å². The highest BCUT2D eigenvalue weighted by atomic mass is 16.5. The maximum absolute atomic E-state index is 12.0. The number of hydrogen-bond donors (Lipinski definition) is 0. The molecule has 1 fully saturated rings. The van der Waals surface area contributed by atoms with Crippen LogP contribution >= 0.6 is 0 Å². The summed E-state index contributed by atoms with van der Waals surface area (Å²) in [4.78, 5) is 23.0. The standard InChI is InChI=1S/C15H18O4/c16-14(17)12-8-4-5-9-13(12)15(18)19-10-11-6-2-1-3-7-11/h1-3,6-7,12-13H,4-5,8-10H2,(H,16,17)/p-1. The molecule has 1 aromatic rings. The average molecular weight is 261 g/mol. The van der Waals surface area contributed by atoms with Crippen molar-refractivity contribution in [3.63, 3.8) is 0 Å². The van der Waals surface area contributed by atoms with Crippen LogP contribution in [0, 0.1) is 11.8 Å². The summed E-state index contributed by atoms with van der Waals surface area (Å²) in [5.74, 6) is -2.81. The molecule has 1 aromatic carbocycles. The molecule has 102 valence electrons. The molecule has 0 heterocycles. The molecular weight excluding hydrogens is 244 g/mol. The minimum Gasteiger partial charge on any atom is -0.550 e. The van der Waals surface area contributed by atoms with Gasteiger partial charge in [-0.2, -0.15) is 0 Å². The first-order chi connectivity index (χ1) is 9.18. The SMILES string of the molecule is O=C([O-])C1CCCCC1C(=O)OCc1ccccc1. The van der Waals surface area contributed by atoms with Crippen LogP contribution in [0.25, 0.3) is 0 Å². The predicted molar refractivity (Wildman–Crippen MR) is 66.7 cm³/mol. The number of ether oxygens (including phenoxy) is 1. The Bertz CT molecular complexity index is 441. The molecule has 0 radical (unpaired) electrons. The van der Waals surface area contributed by atoms with Crippen LogP contribution in [0.15, 0.2) is 30.3 Å². The summed E-state index contributed by atoms with van der Waals surface area (Å²) in [6.45, 7) is 0.190. The Morgan fingerprint density at radius 1 is 1.11 bits per heavy atom. The molecule has 1 saturated carbocycles. The summed E-state index contributed by atoms with van der Waals surface area (Å²) in [6.07, 6.45) is 2.79. The van der Waals surface area contributed by atoms with Crippen LogP contribution in [0.5, 0.6) is 0 Å². The third kappa shape index (κ3) is 3.56. The molecule has 0 bridgehead atoms. The maximum Gasteiger partial charge on any atom is 0.309 e. The molecule has 0 saturated heterocycles. The summed E-state index contributed by atoms with van der Waals surface area (Å²) in [5, 5.41) is 11.0. The highest BCUT2D eigenvalue weighted by Crippen LogP contribution is 2.30. The van der Waals surface area contributed by atoms with Gasteiger partial charge in [0.15, 0.2) is 0 Å². The number of rotatable bonds is 4. The predicted octanol–water partition coefficient (Wildman–Crippen LogP) is 1.29. The van der Waals surface area contributed by atoms with Crippen molar-refractivity contribution >= 4 is 11.9 Å².